The summed E-state index contributed by atoms with van der Waals surface area (Å²) in [6, 6.07) is 7.52. The van der Waals surface area contributed by atoms with Crippen LogP contribution >= 0.6 is 12.2 Å². The number of amides is 2. The highest BCUT2D eigenvalue weighted by molar-refractivity contribution is 7.80. The van der Waals surface area contributed by atoms with Gasteiger partial charge in [-0.05, 0) is 62.0 Å². The molecule has 2 N–H and O–H groups in total. The lowest BCUT2D eigenvalue weighted by molar-refractivity contribution is -0.149. The van der Waals surface area contributed by atoms with E-state index in [9.17, 15) is 14.4 Å². The van der Waals surface area contributed by atoms with E-state index in [1.807, 2.05) is 24.3 Å². The molecule has 32 heavy (non-hydrogen) atoms. The molecule has 3 atom stereocenters. The van der Waals surface area contributed by atoms with Gasteiger partial charge in [-0.15, -0.1) is 0 Å². The highest BCUT2D eigenvalue weighted by atomic mass is 32.1. The van der Waals surface area contributed by atoms with Crippen LogP contribution in [0.1, 0.15) is 67.3 Å². The number of carbonyl (C=O) groups is 3. The van der Waals surface area contributed by atoms with Gasteiger partial charge in [0, 0.05) is 17.6 Å². The Balaban J connectivity index is 1.36. The smallest absolute Gasteiger partial charge is 0.308 e. The van der Waals surface area contributed by atoms with Gasteiger partial charge in [0.2, 0.25) is 5.91 Å². The summed E-state index contributed by atoms with van der Waals surface area (Å²) >= 11 is 5.48. The molecule has 2 aliphatic carbocycles. The van der Waals surface area contributed by atoms with E-state index in [0.29, 0.717) is 36.5 Å². The van der Waals surface area contributed by atoms with Crippen molar-refractivity contribution in [1.29, 1.82) is 0 Å². The number of methoxy groups -OCH3 is 1. The molecule has 0 bridgehead atoms. The fourth-order valence-electron chi connectivity index (χ4n) is 5.15. The van der Waals surface area contributed by atoms with Crippen molar-refractivity contribution >= 4 is 35.1 Å². The summed E-state index contributed by atoms with van der Waals surface area (Å²) in [7, 11) is 1.39. The number of hydrogen-bond acceptors (Lipinski definition) is 5. The molecule has 0 spiro atoms. The molecule has 172 valence electrons. The highest BCUT2D eigenvalue weighted by Crippen LogP contribution is 2.34. The van der Waals surface area contributed by atoms with E-state index in [2.05, 4.69) is 10.6 Å². The van der Waals surface area contributed by atoms with Crippen LogP contribution in [-0.4, -0.2) is 47.0 Å². The molecular weight excluding hydrogens is 426 g/mol. The van der Waals surface area contributed by atoms with Gasteiger partial charge in [0.1, 0.15) is 0 Å². The van der Waals surface area contributed by atoms with Crippen molar-refractivity contribution in [2.24, 2.45) is 11.8 Å². The summed E-state index contributed by atoms with van der Waals surface area (Å²) in [5.41, 5.74) is 1.55. The second kappa shape index (κ2) is 9.98. The summed E-state index contributed by atoms with van der Waals surface area (Å²) in [4.78, 5) is 39.2. The van der Waals surface area contributed by atoms with Crippen molar-refractivity contribution in [2.75, 3.05) is 7.11 Å². The molecule has 1 aromatic carbocycles. The van der Waals surface area contributed by atoms with Crippen molar-refractivity contribution in [1.82, 2.24) is 15.5 Å². The number of carbonyl (C=O) groups excluding carboxylic acids is 3. The maximum atomic E-state index is 13.1. The van der Waals surface area contributed by atoms with Crippen LogP contribution in [0.25, 0.3) is 0 Å². The molecule has 0 aromatic heterocycles. The first-order chi connectivity index (χ1) is 15.5. The number of ether oxygens (including phenoxy) is 1. The molecule has 7 nitrogen and oxygen atoms in total. The standard InChI is InChI=1S/C24H31N3O4S/c1-31-23(30)17-11-12-19-20(13-17)26-24(32)27(22(19)29)14-15-7-9-16(10-8-15)21(28)25-18-5-3-2-4-6-18/h7-10,17-20H,2-6,11-14H2,1H3,(H,25,28)(H,26,32). The zero-order chi connectivity index (χ0) is 22.7. The maximum Gasteiger partial charge on any atom is 0.308 e. The van der Waals surface area contributed by atoms with Gasteiger partial charge in [-0.2, -0.15) is 0 Å². The average Bonchev–Trinajstić information content (AvgIpc) is 2.82. The third-order valence-corrected chi connectivity index (χ3v) is 7.36. The first-order valence-corrected chi connectivity index (χ1v) is 12.0. The Morgan fingerprint density at radius 2 is 1.84 bits per heavy atom. The quantitative estimate of drug-likeness (QED) is 0.522. The minimum atomic E-state index is -0.223. The van der Waals surface area contributed by atoms with Crippen LogP contribution < -0.4 is 10.6 Å². The summed E-state index contributed by atoms with van der Waals surface area (Å²) in [5.74, 6) is -0.647. The molecule has 3 unspecified atom stereocenters. The lowest BCUT2D eigenvalue weighted by atomic mass is 9.76. The van der Waals surface area contributed by atoms with Crippen LogP contribution in [0.15, 0.2) is 24.3 Å². The van der Waals surface area contributed by atoms with Gasteiger partial charge < -0.3 is 15.4 Å². The van der Waals surface area contributed by atoms with Crippen LogP contribution in [-0.2, 0) is 20.9 Å². The predicted molar refractivity (Wildman–Crippen MR) is 124 cm³/mol. The van der Waals surface area contributed by atoms with Gasteiger partial charge >= 0.3 is 5.97 Å². The maximum absolute atomic E-state index is 13.1. The fourth-order valence-corrected chi connectivity index (χ4v) is 5.46. The van der Waals surface area contributed by atoms with Gasteiger partial charge in [0.05, 0.1) is 25.5 Å². The highest BCUT2D eigenvalue weighted by Gasteiger charge is 2.44. The number of esters is 1. The minimum absolute atomic E-state index is 0.00110. The minimum Gasteiger partial charge on any atom is -0.469 e. The zero-order valence-corrected chi connectivity index (χ0v) is 19.3. The van der Waals surface area contributed by atoms with E-state index in [-0.39, 0.29) is 41.7 Å². The first-order valence-electron chi connectivity index (χ1n) is 11.6. The summed E-state index contributed by atoms with van der Waals surface area (Å²) in [6.07, 6.45) is 7.53. The summed E-state index contributed by atoms with van der Waals surface area (Å²) in [5, 5.41) is 6.79. The molecule has 0 radical (unpaired) electrons. The largest absolute Gasteiger partial charge is 0.469 e. The van der Waals surface area contributed by atoms with Crippen molar-refractivity contribution in [3.63, 3.8) is 0 Å². The van der Waals surface area contributed by atoms with Crippen molar-refractivity contribution in [3.05, 3.63) is 35.4 Å². The van der Waals surface area contributed by atoms with Crippen LogP contribution in [0.3, 0.4) is 0 Å². The second-order valence-corrected chi connectivity index (χ2v) is 9.51. The van der Waals surface area contributed by atoms with Crippen molar-refractivity contribution in [2.45, 2.75) is 70.0 Å². The molecule has 1 aliphatic heterocycles. The lowest BCUT2D eigenvalue weighted by Gasteiger charge is -2.43. The fraction of sp³-hybridized carbons (Fsp3) is 0.583. The Morgan fingerprint density at radius 3 is 2.53 bits per heavy atom. The molecule has 3 fully saturated rings. The molecule has 8 heteroatoms. The van der Waals surface area contributed by atoms with Crippen molar-refractivity contribution < 1.29 is 19.1 Å². The number of hydrogen-bond donors (Lipinski definition) is 2. The third-order valence-electron chi connectivity index (χ3n) is 7.02. The van der Waals surface area contributed by atoms with Crippen molar-refractivity contribution in [3.8, 4) is 0 Å². The van der Waals surface area contributed by atoms with Gasteiger partial charge in [0.15, 0.2) is 5.11 Å². The molecule has 2 saturated carbocycles. The van der Waals surface area contributed by atoms with E-state index in [0.717, 1.165) is 18.4 Å². The third kappa shape index (κ3) is 4.95. The number of thiocarbonyl (C=S) groups is 1. The topological polar surface area (TPSA) is 87.7 Å². The zero-order valence-electron chi connectivity index (χ0n) is 18.5. The number of benzene rings is 1. The van der Waals surface area contributed by atoms with Crippen LogP contribution in [0.2, 0.25) is 0 Å². The van der Waals surface area contributed by atoms with E-state index in [1.54, 1.807) is 4.90 Å². The molecule has 2 amide bonds. The van der Waals surface area contributed by atoms with Gasteiger partial charge in [-0.1, -0.05) is 31.4 Å². The Kier molecular flexibility index (Phi) is 7.08. The molecule has 4 rings (SSSR count). The Hall–Kier alpha value is -2.48. The second-order valence-electron chi connectivity index (χ2n) is 9.13. The van der Waals surface area contributed by atoms with Crippen LogP contribution in [0.5, 0.6) is 0 Å². The number of nitrogens with one attached hydrogen (secondary N) is 2. The number of rotatable bonds is 5. The SMILES string of the molecule is COC(=O)C1CCC2C(=O)N(Cc3ccc(C(=O)NC4CCCCC4)cc3)C(=S)NC2C1. The summed E-state index contributed by atoms with van der Waals surface area (Å²) in [6.45, 7) is 0.360. The first kappa shape index (κ1) is 22.7. The van der Waals surface area contributed by atoms with Gasteiger partial charge in [-0.25, -0.2) is 0 Å². The molecule has 1 aromatic rings. The van der Waals surface area contributed by atoms with E-state index < -0.39 is 0 Å². The molecule has 1 saturated heterocycles. The van der Waals surface area contributed by atoms with E-state index >= 15 is 0 Å². The van der Waals surface area contributed by atoms with Crippen LogP contribution in [0.4, 0.5) is 0 Å². The monoisotopic (exact) mass is 457 g/mol. The van der Waals surface area contributed by atoms with Gasteiger partial charge in [0.25, 0.3) is 5.91 Å². The normalized spacial score (nSPS) is 26.2. The van der Waals surface area contributed by atoms with Crippen LogP contribution in [0, 0.1) is 11.8 Å². The average molecular weight is 458 g/mol. The number of fused-ring (bicyclic) bond motifs is 1. The van der Waals surface area contributed by atoms with E-state index in [4.69, 9.17) is 17.0 Å². The van der Waals surface area contributed by atoms with Gasteiger partial charge in [-0.3, -0.25) is 19.3 Å². The Bertz CT molecular complexity index is 882. The molecule has 3 aliphatic rings. The lowest BCUT2D eigenvalue weighted by Crippen LogP contribution is -2.61. The number of nitrogens with zero attached hydrogens (tertiary/aromatic N) is 1. The Labute approximate surface area is 194 Å². The van der Waals surface area contributed by atoms with E-state index in [1.165, 1.54) is 26.4 Å². The molecule has 1 heterocycles. The Morgan fingerprint density at radius 1 is 1.12 bits per heavy atom. The molecular formula is C24H31N3O4S. The predicted octanol–water partition coefficient (Wildman–Crippen LogP) is 2.92. The summed E-state index contributed by atoms with van der Waals surface area (Å²) < 4.78 is 4.87.